The van der Waals surface area contributed by atoms with E-state index in [-0.39, 0.29) is 29.0 Å². The minimum atomic E-state index is -3.47. The number of nitrogens with zero attached hydrogens (tertiary/aromatic N) is 4. The van der Waals surface area contributed by atoms with E-state index in [0.717, 1.165) is 18.5 Å². The molecule has 2 amide bonds. The van der Waals surface area contributed by atoms with E-state index in [1.165, 1.54) is 13.2 Å². The van der Waals surface area contributed by atoms with Gasteiger partial charge in [-0.05, 0) is 38.0 Å². The Morgan fingerprint density at radius 1 is 1.14 bits per heavy atom. The number of nitrogens with one attached hydrogen (secondary N) is 3. The van der Waals surface area contributed by atoms with Crippen LogP contribution in [0, 0.1) is 12.8 Å². The van der Waals surface area contributed by atoms with Crippen molar-refractivity contribution in [3.63, 3.8) is 0 Å². The third-order valence-electron chi connectivity index (χ3n) is 5.37. The number of para-hydroxylation sites is 1. The quantitative estimate of drug-likeness (QED) is 0.248. The van der Waals surface area contributed by atoms with Crippen LogP contribution in [0.15, 0.2) is 30.3 Å². The molecule has 0 spiro atoms. The van der Waals surface area contributed by atoms with E-state index < -0.39 is 12.0 Å². The number of amides is 2. The number of hydrogen-bond acceptors (Lipinski definition) is 10. The van der Waals surface area contributed by atoms with Gasteiger partial charge in [0.2, 0.25) is 5.91 Å². The standard InChI is InChI=1S/C22H25N7O6/c1-11-9-15(28-29(11)2)13-5-4-6-14(19(13)35-3)23-16-10-17(24-20(30)12-7-8-12)26-27-18(16)21(31)25-22(32,33)34/h4-6,9-10,12,32-34H,7-8H2,1-3H3,(H,25,31)(H2,23,24,26,30). The van der Waals surface area contributed by atoms with Gasteiger partial charge in [-0.1, -0.05) is 6.07 Å². The zero-order valence-corrected chi connectivity index (χ0v) is 19.2. The van der Waals surface area contributed by atoms with Crippen molar-refractivity contribution in [1.82, 2.24) is 25.3 Å². The Morgan fingerprint density at radius 3 is 2.49 bits per heavy atom. The molecular weight excluding hydrogens is 458 g/mol. The highest BCUT2D eigenvalue weighted by atomic mass is 16.7. The maximum atomic E-state index is 12.5. The van der Waals surface area contributed by atoms with E-state index in [0.29, 0.717) is 22.7 Å². The van der Waals surface area contributed by atoms with E-state index in [2.05, 4.69) is 25.9 Å². The van der Waals surface area contributed by atoms with Crippen LogP contribution in [0.1, 0.15) is 29.0 Å². The van der Waals surface area contributed by atoms with E-state index in [1.807, 2.05) is 26.1 Å². The second kappa shape index (κ2) is 9.29. The van der Waals surface area contributed by atoms with Crippen molar-refractivity contribution in [3.8, 4) is 17.0 Å². The van der Waals surface area contributed by atoms with Crippen LogP contribution in [0.2, 0.25) is 0 Å². The lowest BCUT2D eigenvalue weighted by molar-refractivity contribution is -0.323. The molecule has 0 unspecified atom stereocenters. The lowest BCUT2D eigenvalue weighted by Gasteiger charge is -2.18. The number of aliphatic hydroxyl groups is 3. The van der Waals surface area contributed by atoms with Crippen molar-refractivity contribution < 1.29 is 29.6 Å². The minimum absolute atomic E-state index is 0.0560. The molecule has 6 N–H and O–H groups in total. The topological polar surface area (TPSA) is 184 Å². The Kier molecular flexibility index (Phi) is 6.39. The molecule has 0 radical (unpaired) electrons. The number of ether oxygens (including phenoxy) is 1. The first-order valence-electron chi connectivity index (χ1n) is 10.7. The molecule has 1 fully saturated rings. The molecule has 1 aromatic carbocycles. The number of aryl methyl sites for hydroxylation is 2. The molecule has 0 aliphatic heterocycles. The van der Waals surface area contributed by atoms with Gasteiger partial charge in [0.15, 0.2) is 17.3 Å². The molecule has 184 valence electrons. The van der Waals surface area contributed by atoms with Crippen LogP contribution in [0.25, 0.3) is 11.3 Å². The Balaban J connectivity index is 1.73. The SMILES string of the molecule is COc1c(Nc2cc(NC(=O)C3CC3)nnc2C(=O)NC(O)(O)O)cccc1-c1cc(C)n(C)n1. The first kappa shape index (κ1) is 24.1. The predicted octanol–water partition coefficient (Wildman–Crippen LogP) is 0.604. The van der Waals surface area contributed by atoms with E-state index in [1.54, 1.807) is 22.1 Å². The summed E-state index contributed by atoms with van der Waals surface area (Å²) in [5.74, 6) is -0.943. The van der Waals surface area contributed by atoms with Gasteiger partial charge in [-0.3, -0.25) is 19.6 Å². The summed E-state index contributed by atoms with van der Waals surface area (Å²) in [4.78, 5) is 24.7. The maximum Gasteiger partial charge on any atom is 0.369 e. The van der Waals surface area contributed by atoms with Crippen molar-refractivity contribution >= 4 is 29.0 Å². The van der Waals surface area contributed by atoms with Crippen LogP contribution in [0.5, 0.6) is 5.75 Å². The number of aromatic nitrogens is 4. The van der Waals surface area contributed by atoms with E-state index in [9.17, 15) is 9.59 Å². The van der Waals surface area contributed by atoms with Crippen LogP contribution in [0.4, 0.5) is 17.2 Å². The smallest absolute Gasteiger partial charge is 0.369 e. The van der Waals surface area contributed by atoms with E-state index in [4.69, 9.17) is 20.1 Å². The van der Waals surface area contributed by atoms with Crippen LogP contribution in [-0.2, 0) is 11.8 Å². The second-order valence-corrected chi connectivity index (χ2v) is 8.15. The Labute approximate surface area is 199 Å². The molecule has 1 saturated carbocycles. The zero-order chi connectivity index (χ0) is 25.3. The Hall–Kier alpha value is -4.07. The fourth-order valence-corrected chi connectivity index (χ4v) is 3.40. The molecule has 1 aliphatic rings. The van der Waals surface area contributed by atoms with Crippen molar-refractivity contribution in [2.24, 2.45) is 13.0 Å². The van der Waals surface area contributed by atoms with Crippen LogP contribution >= 0.6 is 0 Å². The Morgan fingerprint density at radius 2 is 1.89 bits per heavy atom. The molecule has 35 heavy (non-hydrogen) atoms. The molecular formula is C22H25N7O6. The molecule has 2 heterocycles. The zero-order valence-electron chi connectivity index (χ0n) is 19.2. The minimum Gasteiger partial charge on any atom is -0.494 e. The average molecular weight is 483 g/mol. The largest absolute Gasteiger partial charge is 0.494 e. The van der Waals surface area contributed by atoms with Gasteiger partial charge >= 0.3 is 6.10 Å². The van der Waals surface area contributed by atoms with Crippen LogP contribution < -0.4 is 20.7 Å². The van der Waals surface area contributed by atoms with Crippen LogP contribution in [0.3, 0.4) is 0 Å². The monoisotopic (exact) mass is 483 g/mol. The summed E-state index contributed by atoms with van der Waals surface area (Å²) in [5.41, 5.74) is 2.39. The highest BCUT2D eigenvalue weighted by Crippen LogP contribution is 2.38. The number of benzene rings is 1. The summed E-state index contributed by atoms with van der Waals surface area (Å²) in [6.45, 7) is 1.92. The van der Waals surface area contributed by atoms with Gasteiger partial charge in [0.25, 0.3) is 5.91 Å². The summed E-state index contributed by atoms with van der Waals surface area (Å²) in [7, 11) is 3.30. The van der Waals surface area contributed by atoms with Gasteiger partial charge in [0.1, 0.15) is 0 Å². The first-order valence-corrected chi connectivity index (χ1v) is 10.7. The fourth-order valence-electron chi connectivity index (χ4n) is 3.40. The highest BCUT2D eigenvalue weighted by Gasteiger charge is 2.31. The maximum absolute atomic E-state index is 12.5. The van der Waals surface area contributed by atoms with Crippen molar-refractivity contribution in [2.75, 3.05) is 17.7 Å². The molecule has 13 nitrogen and oxygen atoms in total. The number of methoxy groups -OCH3 is 1. The number of anilines is 3. The summed E-state index contributed by atoms with van der Waals surface area (Å²) >= 11 is 0. The molecule has 0 saturated heterocycles. The first-order chi connectivity index (χ1) is 16.6. The lowest BCUT2D eigenvalue weighted by Crippen LogP contribution is -2.48. The Bertz CT molecular complexity index is 1260. The summed E-state index contributed by atoms with van der Waals surface area (Å²) in [6.07, 6.45) is -1.90. The number of rotatable bonds is 8. The van der Waals surface area contributed by atoms with Crippen LogP contribution in [-0.4, -0.2) is 60.3 Å². The molecule has 3 aromatic rings. The summed E-state index contributed by atoms with van der Waals surface area (Å²) < 4.78 is 7.36. The average Bonchev–Trinajstić information content (AvgIpc) is 3.58. The molecule has 0 atom stereocenters. The van der Waals surface area contributed by atoms with Gasteiger partial charge in [-0.2, -0.15) is 5.10 Å². The second-order valence-electron chi connectivity index (χ2n) is 8.15. The van der Waals surface area contributed by atoms with Gasteiger partial charge < -0.3 is 30.7 Å². The molecule has 0 bridgehead atoms. The predicted molar refractivity (Wildman–Crippen MR) is 123 cm³/mol. The highest BCUT2D eigenvalue weighted by molar-refractivity contribution is 6.00. The summed E-state index contributed by atoms with van der Waals surface area (Å²) in [6, 6.07) is 8.53. The van der Waals surface area contributed by atoms with E-state index >= 15 is 0 Å². The lowest BCUT2D eigenvalue weighted by atomic mass is 10.1. The summed E-state index contributed by atoms with van der Waals surface area (Å²) in [5, 5.41) is 46.9. The van der Waals surface area contributed by atoms with Gasteiger partial charge in [0, 0.05) is 30.3 Å². The number of carbonyl (C=O) groups is 2. The normalized spacial score (nSPS) is 13.3. The van der Waals surface area contributed by atoms with Crippen molar-refractivity contribution in [1.29, 1.82) is 0 Å². The van der Waals surface area contributed by atoms with Gasteiger partial charge in [0.05, 0.1) is 24.2 Å². The number of hydrogen-bond donors (Lipinski definition) is 6. The van der Waals surface area contributed by atoms with Gasteiger partial charge in [-0.25, -0.2) is 0 Å². The molecule has 1 aliphatic carbocycles. The molecule has 2 aromatic heterocycles. The van der Waals surface area contributed by atoms with Crippen molar-refractivity contribution in [3.05, 3.63) is 41.7 Å². The third-order valence-corrected chi connectivity index (χ3v) is 5.37. The fraction of sp³-hybridized carbons (Fsp3) is 0.318. The van der Waals surface area contributed by atoms with Gasteiger partial charge in [-0.15, -0.1) is 10.2 Å². The number of carbonyl (C=O) groups excluding carboxylic acids is 2. The third kappa shape index (κ3) is 5.54. The molecule has 13 heteroatoms. The van der Waals surface area contributed by atoms with Crippen molar-refractivity contribution in [2.45, 2.75) is 25.9 Å². The molecule has 4 rings (SSSR count).